The van der Waals surface area contributed by atoms with E-state index in [1.807, 2.05) is 42.5 Å². The molecule has 4 nitrogen and oxygen atoms in total. The van der Waals surface area contributed by atoms with Gasteiger partial charge in [0, 0.05) is 11.6 Å². The second-order valence-corrected chi connectivity index (χ2v) is 5.05. The van der Waals surface area contributed by atoms with Gasteiger partial charge in [0.1, 0.15) is 0 Å². The SMILES string of the molecule is O=c1[nH]cc(Cc2ccc3c(c2)OCO3)c2ccccc12. The third kappa shape index (κ3) is 2.05. The van der Waals surface area contributed by atoms with Crippen molar-refractivity contribution in [3.63, 3.8) is 0 Å². The number of pyridine rings is 1. The molecule has 104 valence electrons. The molecule has 0 bridgehead atoms. The number of nitrogens with one attached hydrogen (secondary N) is 1. The summed E-state index contributed by atoms with van der Waals surface area (Å²) in [6, 6.07) is 13.6. The van der Waals surface area contributed by atoms with Gasteiger partial charge in [-0.1, -0.05) is 24.3 Å². The minimum absolute atomic E-state index is 0.0555. The van der Waals surface area contributed by atoms with Crippen LogP contribution in [-0.4, -0.2) is 11.8 Å². The van der Waals surface area contributed by atoms with E-state index in [-0.39, 0.29) is 12.4 Å². The van der Waals surface area contributed by atoms with Crippen molar-refractivity contribution in [3.05, 3.63) is 70.1 Å². The Labute approximate surface area is 121 Å². The van der Waals surface area contributed by atoms with Gasteiger partial charge in [-0.25, -0.2) is 0 Å². The van der Waals surface area contributed by atoms with Crippen molar-refractivity contribution >= 4 is 10.8 Å². The fourth-order valence-electron chi connectivity index (χ4n) is 2.69. The van der Waals surface area contributed by atoms with E-state index in [0.717, 1.165) is 39.8 Å². The van der Waals surface area contributed by atoms with Gasteiger partial charge in [0.05, 0.1) is 0 Å². The molecule has 0 aliphatic carbocycles. The molecule has 1 aromatic heterocycles. The third-order valence-electron chi connectivity index (χ3n) is 3.73. The number of fused-ring (bicyclic) bond motifs is 2. The van der Waals surface area contributed by atoms with Gasteiger partial charge in [0.15, 0.2) is 11.5 Å². The van der Waals surface area contributed by atoms with Gasteiger partial charge in [0.2, 0.25) is 6.79 Å². The fraction of sp³-hybridized carbons (Fsp3) is 0.118. The van der Waals surface area contributed by atoms with Gasteiger partial charge in [-0.2, -0.15) is 0 Å². The number of H-pyrrole nitrogens is 1. The van der Waals surface area contributed by atoms with Gasteiger partial charge in [-0.05, 0) is 41.1 Å². The quantitative estimate of drug-likeness (QED) is 0.784. The molecule has 1 aliphatic rings. The van der Waals surface area contributed by atoms with Gasteiger partial charge < -0.3 is 14.5 Å². The van der Waals surface area contributed by atoms with Crippen LogP contribution in [0.4, 0.5) is 0 Å². The second kappa shape index (κ2) is 4.66. The molecule has 4 rings (SSSR count). The van der Waals surface area contributed by atoms with Gasteiger partial charge in [-0.3, -0.25) is 4.79 Å². The van der Waals surface area contributed by atoms with E-state index in [1.165, 1.54) is 0 Å². The van der Waals surface area contributed by atoms with Gasteiger partial charge in [-0.15, -0.1) is 0 Å². The highest BCUT2D eigenvalue weighted by atomic mass is 16.7. The lowest BCUT2D eigenvalue weighted by atomic mass is 10.0. The number of ether oxygens (including phenoxy) is 2. The predicted molar refractivity (Wildman–Crippen MR) is 79.9 cm³/mol. The maximum Gasteiger partial charge on any atom is 0.255 e. The van der Waals surface area contributed by atoms with Crippen molar-refractivity contribution < 1.29 is 9.47 Å². The number of hydrogen-bond donors (Lipinski definition) is 1. The number of benzene rings is 2. The maximum absolute atomic E-state index is 11.8. The zero-order valence-corrected chi connectivity index (χ0v) is 11.3. The lowest BCUT2D eigenvalue weighted by molar-refractivity contribution is 0.174. The highest BCUT2D eigenvalue weighted by molar-refractivity contribution is 5.84. The number of rotatable bonds is 2. The molecule has 0 radical (unpaired) electrons. The fourth-order valence-corrected chi connectivity index (χ4v) is 2.69. The minimum Gasteiger partial charge on any atom is -0.454 e. The van der Waals surface area contributed by atoms with Gasteiger partial charge in [0.25, 0.3) is 5.56 Å². The van der Waals surface area contributed by atoms with Crippen LogP contribution in [0.1, 0.15) is 11.1 Å². The Morgan fingerprint density at radius 3 is 2.71 bits per heavy atom. The van der Waals surface area contributed by atoms with Crippen molar-refractivity contribution in [2.24, 2.45) is 0 Å². The van der Waals surface area contributed by atoms with Crippen LogP contribution in [0.2, 0.25) is 0 Å². The standard InChI is InChI=1S/C17H13NO3/c19-17-14-4-2-1-3-13(14)12(9-18-17)7-11-5-6-15-16(8-11)21-10-20-15/h1-6,8-9H,7,10H2,(H,18,19). The van der Waals surface area contributed by atoms with Crippen molar-refractivity contribution in [2.75, 3.05) is 6.79 Å². The summed E-state index contributed by atoms with van der Waals surface area (Å²) in [6.45, 7) is 0.278. The van der Waals surface area contributed by atoms with Crippen molar-refractivity contribution in [1.82, 2.24) is 4.98 Å². The zero-order valence-electron chi connectivity index (χ0n) is 11.3. The second-order valence-electron chi connectivity index (χ2n) is 5.05. The Hall–Kier alpha value is -2.75. The topological polar surface area (TPSA) is 51.3 Å². The Morgan fingerprint density at radius 1 is 1.00 bits per heavy atom. The molecule has 0 fully saturated rings. The van der Waals surface area contributed by atoms with Crippen LogP contribution in [0.3, 0.4) is 0 Å². The minimum atomic E-state index is -0.0555. The highest BCUT2D eigenvalue weighted by Gasteiger charge is 2.14. The number of aromatic nitrogens is 1. The first kappa shape index (κ1) is 12.0. The smallest absolute Gasteiger partial charge is 0.255 e. The molecule has 0 atom stereocenters. The van der Waals surface area contributed by atoms with E-state index in [4.69, 9.17) is 9.47 Å². The first-order chi connectivity index (χ1) is 10.3. The van der Waals surface area contributed by atoms with Crippen molar-refractivity contribution in [1.29, 1.82) is 0 Å². The summed E-state index contributed by atoms with van der Waals surface area (Å²) in [4.78, 5) is 14.6. The van der Waals surface area contributed by atoms with Crippen LogP contribution >= 0.6 is 0 Å². The van der Waals surface area contributed by atoms with Crippen LogP contribution in [0.25, 0.3) is 10.8 Å². The first-order valence-corrected chi connectivity index (χ1v) is 6.79. The largest absolute Gasteiger partial charge is 0.454 e. The molecule has 3 aromatic rings. The molecular weight excluding hydrogens is 266 g/mol. The summed E-state index contributed by atoms with van der Waals surface area (Å²) in [7, 11) is 0. The summed E-state index contributed by atoms with van der Waals surface area (Å²) in [6.07, 6.45) is 2.52. The van der Waals surface area contributed by atoms with Crippen LogP contribution in [0.15, 0.2) is 53.5 Å². The van der Waals surface area contributed by atoms with E-state index in [9.17, 15) is 4.79 Å². The molecule has 0 saturated carbocycles. The Morgan fingerprint density at radius 2 is 1.81 bits per heavy atom. The van der Waals surface area contributed by atoms with E-state index in [0.29, 0.717) is 0 Å². The van der Waals surface area contributed by atoms with Gasteiger partial charge >= 0.3 is 0 Å². The summed E-state index contributed by atoms with van der Waals surface area (Å²) in [5, 5.41) is 1.70. The highest BCUT2D eigenvalue weighted by Crippen LogP contribution is 2.33. The van der Waals surface area contributed by atoms with Crippen LogP contribution in [0, 0.1) is 0 Å². The van der Waals surface area contributed by atoms with E-state index < -0.39 is 0 Å². The average Bonchev–Trinajstić information content (AvgIpc) is 2.98. The molecule has 21 heavy (non-hydrogen) atoms. The van der Waals surface area contributed by atoms with Crippen LogP contribution in [-0.2, 0) is 6.42 Å². The maximum atomic E-state index is 11.8. The Balaban J connectivity index is 1.78. The molecular formula is C17H13NO3. The molecule has 0 amide bonds. The summed E-state index contributed by atoms with van der Waals surface area (Å²) in [5.74, 6) is 1.56. The molecule has 0 saturated heterocycles. The predicted octanol–water partition coefficient (Wildman–Crippen LogP) is 2.85. The van der Waals surface area contributed by atoms with Crippen LogP contribution < -0.4 is 15.0 Å². The summed E-state index contributed by atoms with van der Waals surface area (Å²) in [5.41, 5.74) is 2.15. The third-order valence-corrected chi connectivity index (χ3v) is 3.73. The summed E-state index contributed by atoms with van der Waals surface area (Å²) >= 11 is 0. The Bertz CT molecular complexity index is 883. The van der Waals surface area contributed by atoms with E-state index in [1.54, 1.807) is 6.20 Å². The molecule has 1 aliphatic heterocycles. The molecule has 1 N–H and O–H groups in total. The summed E-state index contributed by atoms with van der Waals surface area (Å²) < 4.78 is 10.7. The molecule has 2 heterocycles. The number of aromatic amines is 1. The molecule has 0 spiro atoms. The molecule has 0 unspecified atom stereocenters. The van der Waals surface area contributed by atoms with Crippen molar-refractivity contribution in [3.8, 4) is 11.5 Å². The monoisotopic (exact) mass is 279 g/mol. The first-order valence-electron chi connectivity index (χ1n) is 6.79. The normalized spacial score (nSPS) is 12.8. The molecule has 2 aromatic carbocycles. The zero-order chi connectivity index (χ0) is 14.2. The van der Waals surface area contributed by atoms with Crippen molar-refractivity contribution in [2.45, 2.75) is 6.42 Å². The Kier molecular flexibility index (Phi) is 2.67. The lowest BCUT2D eigenvalue weighted by Crippen LogP contribution is -2.07. The average molecular weight is 279 g/mol. The lowest BCUT2D eigenvalue weighted by Gasteiger charge is -2.07. The number of hydrogen-bond acceptors (Lipinski definition) is 3. The van der Waals surface area contributed by atoms with E-state index in [2.05, 4.69) is 4.98 Å². The van der Waals surface area contributed by atoms with E-state index >= 15 is 0 Å². The molecule has 4 heteroatoms. The van der Waals surface area contributed by atoms with Crippen LogP contribution in [0.5, 0.6) is 11.5 Å².